The Balaban J connectivity index is 2.34. The van der Waals surface area contributed by atoms with Crippen LogP contribution in [0.4, 0.5) is 0 Å². The maximum atomic E-state index is 12.6. The molecule has 0 spiro atoms. The smallest absolute Gasteiger partial charge is 0.281 e. The topological polar surface area (TPSA) is 48.0 Å². The van der Waals surface area contributed by atoms with Gasteiger partial charge in [-0.25, -0.2) is 4.98 Å². The van der Waals surface area contributed by atoms with Gasteiger partial charge in [0.15, 0.2) is 17.5 Å². The molecule has 2 aromatic heterocycles. The molecule has 1 fully saturated rings. The molecule has 2 heterocycles. The van der Waals surface area contributed by atoms with Gasteiger partial charge in [0.05, 0.1) is 5.52 Å². The number of halogens is 1. The first-order valence-electron chi connectivity index (χ1n) is 6.25. The van der Waals surface area contributed by atoms with E-state index in [1.54, 1.807) is 0 Å². The van der Waals surface area contributed by atoms with Crippen LogP contribution in [0.15, 0.2) is 32.2 Å². The van der Waals surface area contributed by atoms with Crippen molar-refractivity contribution < 1.29 is 4.42 Å². The Hall–Kier alpha value is -1.62. The number of rotatable bonds is 1. The minimum Gasteiger partial charge on any atom is -0.443 e. The Morgan fingerprint density at radius 2 is 2.21 bits per heavy atom. The van der Waals surface area contributed by atoms with E-state index in [2.05, 4.69) is 20.9 Å². The lowest BCUT2D eigenvalue weighted by Gasteiger charge is -2.12. The molecule has 4 nitrogen and oxygen atoms in total. The van der Waals surface area contributed by atoms with E-state index in [1.165, 1.54) is 6.39 Å². The number of aromatic nitrogens is 2. The van der Waals surface area contributed by atoms with Gasteiger partial charge in [-0.2, -0.15) is 0 Å². The first kappa shape index (κ1) is 11.2. The van der Waals surface area contributed by atoms with Crippen LogP contribution >= 0.6 is 15.9 Å². The summed E-state index contributed by atoms with van der Waals surface area (Å²) in [5, 5.41) is 0.958. The number of hydrogen-bond donors (Lipinski definition) is 0. The lowest BCUT2D eigenvalue weighted by molar-refractivity contribution is 0.604. The molecule has 0 unspecified atom stereocenters. The molecule has 4 rings (SSSR count). The first-order chi connectivity index (χ1) is 9.18. The van der Waals surface area contributed by atoms with E-state index < -0.39 is 0 Å². The normalized spacial score (nSPS) is 15.5. The van der Waals surface area contributed by atoms with Crippen molar-refractivity contribution in [1.82, 2.24) is 9.55 Å². The van der Waals surface area contributed by atoms with Gasteiger partial charge >= 0.3 is 0 Å². The van der Waals surface area contributed by atoms with E-state index >= 15 is 0 Å². The monoisotopic (exact) mass is 318 g/mol. The molecule has 0 N–H and O–H groups in total. The maximum absolute atomic E-state index is 12.6. The zero-order valence-electron chi connectivity index (χ0n) is 10.3. The second-order valence-electron chi connectivity index (χ2n) is 5.00. The summed E-state index contributed by atoms with van der Waals surface area (Å²) >= 11 is 3.54. The van der Waals surface area contributed by atoms with Gasteiger partial charge in [0.2, 0.25) is 0 Å². The first-order valence-corrected chi connectivity index (χ1v) is 7.04. The van der Waals surface area contributed by atoms with Gasteiger partial charge in [0.1, 0.15) is 0 Å². The minimum absolute atomic E-state index is 0.0417. The number of oxazole rings is 1. The summed E-state index contributed by atoms with van der Waals surface area (Å²) in [6.07, 6.45) is 3.47. The van der Waals surface area contributed by atoms with Crippen LogP contribution in [-0.4, -0.2) is 9.55 Å². The summed E-state index contributed by atoms with van der Waals surface area (Å²) in [7, 11) is 0. The fourth-order valence-corrected chi connectivity index (χ4v) is 2.98. The van der Waals surface area contributed by atoms with Crippen molar-refractivity contribution in [3.63, 3.8) is 0 Å². The van der Waals surface area contributed by atoms with Crippen molar-refractivity contribution in [3.8, 4) is 0 Å². The minimum atomic E-state index is -0.0417. The Bertz CT molecular complexity index is 874. The summed E-state index contributed by atoms with van der Waals surface area (Å²) in [5.41, 5.74) is 3.01. The Morgan fingerprint density at radius 3 is 2.95 bits per heavy atom. The fraction of sp³-hybridized carbons (Fsp3) is 0.286. The molecule has 0 atom stereocenters. The number of fused-ring (bicyclic) bond motifs is 3. The van der Waals surface area contributed by atoms with Crippen LogP contribution in [0.2, 0.25) is 0 Å². The molecule has 3 aromatic rings. The molecule has 0 radical (unpaired) electrons. The molecule has 96 valence electrons. The molecule has 1 aliphatic carbocycles. The number of benzene rings is 1. The van der Waals surface area contributed by atoms with Crippen LogP contribution in [0.25, 0.3) is 22.0 Å². The number of aryl methyl sites for hydroxylation is 1. The molecular formula is C14H11BrN2O2. The van der Waals surface area contributed by atoms with E-state index in [0.29, 0.717) is 17.1 Å². The summed E-state index contributed by atoms with van der Waals surface area (Å²) in [6.45, 7) is 2.02. The maximum Gasteiger partial charge on any atom is 0.281 e. The van der Waals surface area contributed by atoms with Gasteiger partial charge in [-0.05, 0) is 37.5 Å². The highest BCUT2D eigenvalue weighted by atomic mass is 79.9. The third kappa shape index (κ3) is 1.45. The van der Waals surface area contributed by atoms with Crippen LogP contribution in [0.5, 0.6) is 0 Å². The summed E-state index contributed by atoms with van der Waals surface area (Å²) in [5.74, 6) is 0. The van der Waals surface area contributed by atoms with Crippen molar-refractivity contribution in [2.24, 2.45) is 0 Å². The standard InChI is InChI=1S/C14H11BrN2O2/c1-7-10(15)5-4-9-12(7)17(8-2-3-8)14(18)11-13(9)19-6-16-11/h4-6,8H,2-3H2,1H3. The Morgan fingerprint density at radius 1 is 1.42 bits per heavy atom. The molecule has 0 bridgehead atoms. The van der Waals surface area contributed by atoms with Crippen LogP contribution in [-0.2, 0) is 0 Å². The number of hydrogen-bond acceptors (Lipinski definition) is 3. The van der Waals surface area contributed by atoms with Crippen molar-refractivity contribution in [2.45, 2.75) is 25.8 Å². The fourth-order valence-electron chi connectivity index (χ4n) is 2.66. The average Bonchev–Trinajstić information content (AvgIpc) is 3.10. The van der Waals surface area contributed by atoms with Gasteiger partial charge in [-0.3, -0.25) is 4.79 Å². The van der Waals surface area contributed by atoms with Gasteiger partial charge in [-0.15, -0.1) is 0 Å². The third-order valence-electron chi connectivity index (χ3n) is 3.75. The molecule has 1 saturated carbocycles. The van der Waals surface area contributed by atoms with Crippen LogP contribution in [0.3, 0.4) is 0 Å². The third-order valence-corrected chi connectivity index (χ3v) is 4.61. The van der Waals surface area contributed by atoms with E-state index in [0.717, 1.165) is 33.8 Å². The quantitative estimate of drug-likeness (QED) is 0.689. The molecule has 0 saturated heterocycles. The molecule has 0 amide bonds. The van der Waals surface area contributed by atoms with Crippen LogP contribution in [0.1, 0.15) is 24.4 Å². The zero-order chi connectivity index (χ0) is 13.1. The Kier molecular flexibility index (Phi) is 2.18. The predicted molar refractivity (Wildman–Crippen MR) is 76.5 cm³/mol. The highest BCUT2D eigenvalue weighted by Gasteiger charge is 2.29. The van der Waals surface area contributed by atoms with Gasteiger partial charge in [0, 0.05) is 15.9 Å². The molecule has 1 aromatic carbocycles. The Labute approximate surface area is 117 Å². The molecule has 19 heavy (non-hydrogen) atoms. The lowest BCUT2D eigenvalue weighted by Crippen LogP contribution is -2.20. The summed E-state index contributed by atoms with van der Waals surface area (Å²) < 4.78 is 8.32. The SMILES string of the molecule is Cc1c(Br)ccc2c3ocnc3c(=O)n(C3CC3)c12. The van der Waals surface area contributed by atoms with E-state index in [-0.39, 0.29) is 5.56 Å². The molecular weight excluding hydrogens is 308 g/mol. The molecule has 5 heteroatoms. The van der Waals surface area contributed by atoms with Gasteiger partial charge < -0.3 is 8.98 Å². The largest absolute Gasteiger partial charge is 0.443 e. The van der Waals surface area contributed by atoms with Gasteiger partial charge in [-0.1, -0.05) is 15.9 Å². The van der Waals surface area contributed by atoms with Crippen molar-refractivity contribution >= 4 is 37.9 Å². The highest BCUT2D eigenvalue weighted by Crippen LogP contribution is 2.39. The van der Waals surface area contributed by atoms with Crippen LogP contribution < -0.4 is 5.56 Å². The second kappa shape index (κ2) is 3.70. The summed E-state index contributed by atoms with van der Waals surface area (Å²) in [6, 6.07) is 4.28. The van der Waals surface area contributed by atoms with Crippen molar-refractivity contribution in [3.05, 3.63) is 38.9 Å². The predicted octanol–water partition coefficient (Wildman–Crippen LogP) is 3.55. The summed E-state index contributed by atoms with van der Waals surface area (Å²) in [4.78, 5) is 16.7. The van der Waals surface area contributed by atoms with Crippen molar-refractivity contribution in [2.75, 3.05) is 0 Å². The van der Waals surface area contributed by atoms with Crippen molar-refractivity contribution in [1.29, 1.82) is 0 Å². The molecule has 1 aliphatic rings. The van der Waals surface area contributed by atoms with Gasteiger partial charge in [0.25, 0.3) is 5.56 Å². The highest BCUT2D eigenvalue weighted by molar-refractivity contribution is 9.10. The second-order valence-corrected chi connectivity index (χ2v) is 5.86. The number of pyridine rings is 1. The average molecular weight is 319 g/mol. The zero-order valence-corrected chi connectivity index (χ0v) is 11.9. The van der Waals surface area contributed by atoms with E-state index in [9.17, 15) is 4.79 Å². The van der Waals surface area contributed by atoms with E-state index in [1.807, 2.05) is 23.6 Å². The number of nitrogens with zero attached hydrogens (tertiary/aromatic N) is 2. The molecule has 0 aliphatic heterocycles. The van der Waals surface area contributed by atoms with E-state index in [4.69, 9.17) is 4.42 Å². The van der Waals surface area contributed by atoms with Crippen LogP contribution in [0, 0.1) is 6.92 Å². The lowest BCUT2D eigenvalue weighted by atomic mass is 10.1.